The minimum absolute atomic E-state index is 0.0185. The molecule has 0 saturated carbocycles. The fourth-order valence-corrected chi connectivity index (χ4v) is 6.12. The van der Waals surface area contributed by atoms with Crippen LogP contribution in [0.15, 0.2) is 69.7 Å². The summed E-state index contributed by atoms with van der Waals surface area (Å²) in [6.07, 6.45) is 3.88. The van der Waals surface area contributed by atoms with Gasteiger partial charge in [0.15, 0.2) is 6.29 Å². The van der Waals surface area contributed by atoms with Gasteiger partial charge in [-0.15, -0.1) is 11.8 Å². The maximum Gasteiger partial charge on any atom is 0.336 e. The van der Waals surface area contributed by atoms with Crippen LogP contribution in [0, 0.1) is 16.0 Å². The van der Waals surface area contributed by atoms with Crippen LogP contribution in [0.2, 0.25) is 0 Å². The Kier molecular flexibility index (Phi) is 13.1. The van der Waals surface area contributed by atoms with Crippen LogP contribution < -0.4 is 0 Å². The van der Waals surface area contributed by atoms with Gasteiger partial charge in [0.2, 0.25) is 0 Å². The van der Waals surface area contributed by atoms with Gasteiger partial charge < -0.3 is 23.7 Å². The molecular formula is C33H40N2O9S. The summed E-state index contributed by atoms with van der Waals surface area (Å²) >= 11 is 1.55. The molecule has 0 N–H and O–H groups in total. The highest BCUT2D eigenvalue weighted by atomic mass is 32.2. The van der Waals surface area contributed by atoms with E-state index < -0.39 is 28.7 Å². The Balaban J connectivity index is 1.38. The van der Waals surface area contributed by atoms with Crippen molar-refractivity contribution in [1.29, 1.82) is 0 Å². The first-order valence-corrected chi connectivity index (χ1v) is 16.0. The van der Waals surface area contributed by atoms with E-state index in [0.717, 1.165) is 37.2 Å². The Morgan fingerprint density at radius 1 is 1.04 bits per heavy atom. The molecule has 0 radical (unpaired) electrons. The number of rotatable bonds is 15. The van der Waals surface area contributed by atoms with Crippen molar-refractivity contribution in [2.45, 2.75) is 56.6 Å². The minimum atomic E-state index is -0.969. The average molecular weight is 641 g/mol. The van der Waals surface area contributed by atoms with Gasteiger partial charge in [0.1, 0.15) is 19.1 Å². The van der Waals surface area contributed by atoms with Crippen LogP contribution in [0.5, 0.6) is 0 Å². The number of thioether (sulfide) groups is 1. The van der Waals surface area contributed by atoms with Crippen molar-refractivity contribution in [2.24, 2.45) is 10.9 Å². The molecule has 1 fully saturated rings. The molecule has 0 spiro atoms. The Labute approximate surface area is 267 Å². The second-order valence-electron chi connectivity index (χ2n) is 10.8. The van der Waals surface area contributed by atoms with Crippen molar-refractivity contribution in [1.82, 2.24) is 0 Å². The van der Waals surface area contributed by atoms with Crippen LogP contribution in [-0.4, -0.2) is 74.8 Å². The Morgan fingerprint density at radius 3 is 2.56 bits per heavy atom. The fourth-order valence-electron chi connectivity index (χ4n) is 5.39. The summed E-state index contributed by atoms with van der Waals surface area (Å²) in [5.41, 5.74) is 2.43. The number of methoxy groups -OCH3 is 1. The summed E-state index contributed by atoms with van der Waals surface area (Å²) in [7, 11) is 1.49. The molecule has 2 aliphatic rings. The molecule has 11 nitrogen and oxygen atoms in total. The van der Waals surface area contributed by atoms with E-state index in [0.29, 0.717) is 29.3 Å². The number of allylic oxidation sites excluding steroid dienone is 1. The zero-order valence-electron chi connectivity index (χ0n) is 25.9. The van der Waals surface area contributed by atoms with Crippen molar-refractivity contribution in [3.8, 4) is 0 Å². The molecule has 3 unspecified atom stereocenters. The fraction of sp³-hybridized carbons (Fsp3) is 0.485. The first-order valence-electron chi connectivity index (χ1n) is 15.1. The molecule has 2 heterocycles. The maximum absolute atomic E-state index is 13.5. The number of nitro groups is 1. The Hall–Kier alpha value is -3.58. The number of non-ortho nitro benzene ring substituents is 1. The molecule has 2 aliphatic heterocycles. The largest absolute Gasteiger partial charge is 0.463 e. The number of carbonyl (C=O) groups is 2. The SMILES string of the molecule is COCCOC(=O)C1C(C)=NC(C)=C(C(=O)OCCSc2ccc(CCOC3CCCCO3)cc2)C1c1cccc([N+](=O)[O-])c1. The second kappa shape index (κ2) is 17.2. The van der Waals surface area contributed by atoms with Crippen molar-refractivity contribution < 1.29 is 38.2 Å². The lowest BCUT2D eigenvalue weighted by atomic mass is 9.75. The molecule has 0 bridgehead atoms. The number of benzene rings is 2. The lowest BCUT2D eigenvalue weighted by Gasteiger charge is -2.31. The number of hydrogen-bond donors (Lipinski definition) is 0. The van der Waals surface area contributed by atoms with E-state index in [2.05, 4.69) is 17.1 Å². The normalized spacial score (nSPS) is 20.0. The van der Waals surface area contributed by atoms with Gasteiger partial charge in [-0.25, -0.2) is 4.79 Å². The van der Waals surface area contributed by atoms with Gasteiger partial charge in [0.05, 0.1) is 23.7 Å². The monoisotopic (exact) mass is 640 g/mol. The summed E-state index contributed by atoms with van der Waals surface area (Å²) in [5.74, 6) is -2.57. The standard InChI is InChI=1S/C33H40N2O9S/c1-22-29(32(36)43-18-17-40-3)31(25-7-6-8-26(21-25)35(38)39)30(23(2)34-22)33(37)44-19-20-45-27-12-10-24(11-13-27)14-16-42-28-9-4-5-15-41-28/h6-8,10-13,21,28-29,31H,4-5,9,14-20H2,1-3H3. The smallest absolute Gasteiger partial charge is 0.336 e. The number of aliphatic imine (C=N–C) groups is 1. The first kappa shape index (κ1) is 34.3. The summed E-state index contributed by atoms with van der Waals surface area (Å²) in [4.78, 5) is 43.3. The quantitative estimate of drug-likeness (QED) is 0.0789. The zero-order chi connectivity index (χ0) is 32.2. The third kappa shape index (κ3) is 9.70. The molecule has 45 heavy (non-hydrogen) atoms. The summed E-state index contributed by atoms with van der Waals surface area (Å²) in [6.45, 7) is 5.05. The van der Waals surface area contributed by atoms with E-state index in [1.165, 1.54) is 30.9 Å². The van der Waals surface area contributed by atoms with Crippen molar-refractivity contribution in [2.75, 3.05) is 45.9 Å². The topological polar surface area (TPSA) is 136 Å². The lowest BCUT2D eigenvalue weighted by molar-refractivity contribution is -0.384. The summed E-state index contributed by atoms with van der Waals surface area (Å²) < 4.78 is 27.5. The average Bonchev–Trinajstić information content (AvgIpc) is 3.04. The third-order valence-corrected chi connectivity index (χ3v) is 8.59. The van der Waals surface area contributed by atoms with E-state index >= 15 is 0 Å². The van der Waals surface area contributed by atoms with Crippen LogP contribution >= 0.6 is 11.8 Å². The van der Waals surface area contributed by atoms with Crippen molar-refractivity contribution in [3.05, 3.63) is 81.0 Å². The third-order valence-electron chi connectivity index (χ3n) is 7.62. The Bertz CT molecular complexity index is 1390. The predicted molar refractivity (Wildman–Crippen MR) is 169 cm³/mol. The number of hydrogen-bond acceptors (Lipinski definition) is 11. The van der Waals surface area contributed by atoms with Crippen LogP contribution in [-0.2, 0) is 39.7 Å². The molecule has 1 saturated heterocycles. The van der Waals surface area contributed by atoms with Gasteiger partial charge in [-0.1, -0.05) is 24.3 Å². The predicted octanol–water partition coefficient (Wildman–Crippen LogP) is 5.65. The van der Waals surface area contributed by atoms with Crippen molar-refractivity contribution >= 4 is 35.1 Å². The van der Waals surface area contributed by atoms with Gasteiger partial charge in [-0.3, -0.25) is 19.9 Å². The lowest BCUT2D eigenvalue weighted by Crippen LogP contribution is -2.37. The van der Waals surface area contributed by atoms with E-state index in [1.54, 1.807) is 31.7 Å². The minimum Gasteiger partial charge on any atom is -0.463 e. The molecule has 0 aliphatic carbocycles. The van der Waals surface area contributed by atoms with Gasteiger partial charge in [-0.2, -0.15) is 0 Å². The highest BCUT2D eigenvalue weighted by Crippen LogP contribution is 2.41. The van der Waals surface area contributed by atoms with E-state index in [9.17, 15) is 19.7 Å². The molecule has 242 valence electrons. The summed E-state index contributed by atoms with van der Waals surface area (Å²) in [6, 6.07) is 14.1. The van der Waals surface area contributed by atoms with Crippen molar-refractivity contribution in [3.63, 3.8) is 0 Å². The van der Waals surface area contributed by atoms with Crippen LogP contribution in [0.4, 0.5) is 5.69 Å². The number of esters is 2. The van der Waals surface area contributed by atoms with Crippen LogP contribution in [0.25, 0.3) is 0 Å². The van der Waals surface area contributed by atoms with Gasteiger partial charge in [0.25, 0.3) is 5.69 Å². The van der Waals surface area contributed by atoms with Gasteiger partial charge in [-0.05, 0) is 62.8 Å². The molecule has 0 aromatic heterocycles. The second-order valence-corrected chi connectivity index (χ2v) is 11.9. The number of nitro benzene ring substituents is 1. The molecular weight excluding hydrogens is 600 g/mol. The van der Waals surface area contributed by atoms with Gasteiger partial charge >= 0.3 is 11.9 Å². The van der Waals surface area contributed by atoms with E-state index in [-0.39, 0.29) is 37.4 Å². The maximum atomic E-state index is 13.5. The highest BCUT2D eigenvalue weighted by Gasteiger charge is 2.43. The number of nitrogens with zero attached hydrogens (tertiary/aromatic N) is 2. The van der Waals surface area contributed by atoms with Crippen LogP contribution in [0.3, 0.4) is 0 Å². The molecule has 2 aromatic rings. The van der Waals surface area contributed by atoms with E-state index in [1.807, 2.05) is 12.1 Å². The van der Waals surface area contributed by atoms with Gasteiger partial charge in [0, 0.05) is 53.8 Å². The summed E-state index contributed by atoms with van der Waals surface area (Å²) in [5, 5.41) is 11.5. The first-order chi connectivity index (χ1) is 21.8. The zero-order valence-corrected chi connectivity index (χ0v) is 26.7. The van der Waals surface area contributed by atoms with E-state index in [4.69, 9.17) is 23.7 Å². The number of carbonyl (C=O) groups excluding carboxylic acids is 2. The molecule has 2 aromatic carbocycles. The van der Waals surface area contributed by atoms with Crippen LogP contribution in [0.1, 0.15) is 50.2 Å². The molecule has 12 heteroatoms. The Morgan fingerprint density at radius 2 is 1.84 bits per heavy atom. The molecule has 4 rings (SSSR count). The molecule has 0 amide bonds. The number of ether oxygens (including phenoxy) is 5. The highest BCUT2D eigenvalue weighted by molar-refractivity contribution is 7.99. The molecule has 3 atom stereocenters.